The van der Waals surface area contributed by atoms with Crippen LogP contribution in [0.15, 0.2) is 16.6 Å². The van der Waals surface area contributed by atoms with Gasteiger partial charge in [0.05, 0.1) is 15.9 Å². The average molecular weight is 380 g/mol. The summed E-state index contributed by atoms with van der Waals surface area (Å²) in [5, 5.41) is -0.132. The molecule has 0 atom stereocenters. The van der Waals surface area contributed by atoms with Crippen molar-refractivity contribution in [2.75, 3.05) is 5.33 Å². The van der Waals surface area contributed by atoms with Crippen LogP contribution in [0.1, 0.15) is 15.9 Å². The first kappa shape index (κ1) is 14.0. The summed E-state index contributed by atoms with van der Waals surface area (Å²) >= 11 is 11.4. The molecular weight excluding hydrogens is 376 g/mol. The maximum atomic E-state index is 12.6. The van der Waals surface area contributed by atoms with Gasteiger partial charge in [-0.15, -0.1) is 0 Å². The molecule has 1 aromatic rings. The predicted molar refractivity (Wildman–Crippen MR) is 62.3 cm³/mol. The molecule has 0 aliphatic heterocycles. The van der Waals surface area contributed by atoms with E-state index in [1.807, 2.05) is 0 Å². The third kappa shape index (κ3) is 2.78. The molecule has 0 aliphatic carbocycles. The second kappa shape index (κ2) is 5.06. The molecule has 0 bridgehead atoms. The Morgan fingerprint density at radius 3 is 2.38 bits per heavy atom. The lowest BCUT2D eigenvalue weighted by Gasteiger charge is -2.13. The largest absolute Gasteiger partial charge is 0.417 e. The molecule has 0 fully saturated rings. The lowest BCUT2D eigenvalue weighted by atomic mass is 10.0. The number of hydrogen-bond donors (Lipinski definition) is 0. The number of Topliss-reactive ketones (excluding diaryl/α,β-unsaturated/α-hetero) is 1. The van der Waals surface area contributed by atoms with Crippen LogP contribution in [0, 0.1) is 0 Å². The van der Waals surface area contributed by atoms with Crippen LogP contribution in [-0.4, -0.2) is 11.1 Å². The van der Waals surface area contributed by atoms with Gasteiger partial charge >= 0.3 is 6.18 Å². The molecule has 1 nitrogen and oxygen atoms in total. The van der Waals surface area contributed by atoms with Gasteiger partial charge in [0.2, 0.25) is 0 Å². The van der Waals surface area contributed by atoms with E-state index in [-0.39, 0.29) is 14.8 Å². The second-order valence-electron chi connectivity index (χ2n) is 2.84. The van der Waals surface area contributed by atoms with E-state index < -0.39 is 23.1 Å². The summed E-state index contributed by atoms with van der Waals surface area (Å²) in [7, 11) is 0. The molecule has 0 saturated carbocycles. The SMILES string of the molecule is O=C(CBr)c1c(C(F)(F)F)ccc(Cl)c1Br. The van der Waals surface area contributed by atoms with Crippen molar-refractivity contribution in [3.05, 3.63) is 32.8 Å². The van der Waals surface area contributed by atoms with Gasteiger partial charge in [0, 0.05) is 10.0 Å². The standard InChI is InChI=1S/C9H4Br2ClF3O/c10-3-6(16)7-4(9(13,14)15)1-2-5(12)8(7)11/h1-2H,3H2. The smallest absolute Gasteiger partial charge is 0.293 e. The molecule has 7 heteroatoms. The number of carbonyl (C=O) groups excluding carboxylic acids is 1. The summed E-state index contributed by atoms with van der Waals surface area (Å²) in [6, 6.07) is 1.89. The molecule has 0 aromatic heterocycles. The number of alkyl halides is 4. The summed E-state index contributed by atoms with van der Waals surface area (Å²) in [6.07, 6.45) is -4.58. The zero-order chi connectivity index (χ0) is 12.5. The minimum atomic E-state index is -4.58. The average Bonchev–Trinajstić information content (AvgIpc) is 2.19. The third-order valence-corrected chi connectivity index (χ3v) is 3.68. The fourth-order valence-electron chi connectivity index (χ4n) is 1.13. The maximum absolute atomic E-state index is 12.6. The van der Waals surface area contributed by atoms with Crippen LogP contribution in [0.25, 0.3) is 0 Å². The highest BCUT2D eigenvalue weighted by atomic mass is 79.9. The Labute approximate surface area is 111 Å². The summed E-state index contributed by atoms with van der Waals surface area (Å²) in [4.78, 5) is 11.4. The van der Waals surface area contributed by atoms with Gasteiger partial charge in [-0.1, -0.05) is 27.5 Å². The van der Waals surface area contributed by atoms with Gasteiger partial charge in [0.25, 0.3) is 0 Å². The van der Waals surface area contributed by atoms with E-state index >= 15 is 0 Å². The molecule has 0 heterocycles. The maximum Gasteiger partial charge on any atom is 0.417 e. The molecule has 0 amide bonds. The number of benzene rings is 1. The molecule has 16 heavy (non-hydrogen) atoms. The Morgan fingerprint density at radius 2 is 1.94 bits per heavy atom. The summed E-state index contributed by atoms with van der Waals surface area (Å²) in [6.45, 7) is 0. The van der Waals surface area contributed by atoms with Crippen molar-refractivity contribution in [2.24, 2.45) is 0 Å². The summed E-state index contributed by atoms with van der Waals surface area (Å²) in [5.74, 6) is -0.679. The Bertz CT molecular complexity index is 431. The van der Waals surface area contributed by atoms with Gasteiger partial charge in [-0.25, -0.2) is 0 Å². The van der Waals surface area contributed by atoms with Crippen molar-refractivity contribution >= 4 is 49.2 Å². The Balaban J connectivity index is 3.51. The fourth-order valence-corrected chi connectivity index (χ4v) is 2.13. The first-order valence-electron chi connectivity index (χ1n) is 3.93. The Morgan fingerprint density at radius 1 is 1.38 bits per heavy atom. The van der Waals surface area contributed by atoms with E-state index in [9.17, 15) is 18.0 Å². The fraction of sp³-hybridized carbons (Fsp3) is 0.222. The van der Waals surface area contributed by atoms with Gasteiger partial charge < -0.3 is 0 Å². The molecule has 0 aliphatic rings. The van der Waals surface area contributed by atoms with E-state index in [4.69, 9.17) is 11.6 Å². The summed E-state index contributed by atoms with van der Waals surface area (Å²) in [5.41, 5.74) is -1.44. The molecule has 88 valence electrons. The van der Waals surface area contributed by atoms with E-state index in [0.717, 1.165) is 12.1 Å². The predicted octanol–water partition coefficient (Wildman–Crippen LogP) is 4.70. The van der Waals surface area contributed by atoms with Crippen molar-refractivity contribution < 1.29 is 18.0 Å². The van der Waals surface area contributed by atoms with Crippen molar-refractivity contribution in [2.45, 2.75) is 6.18 Å². The van der Waals surface area contributed by atoms with Crippen LogP contribution in [0.4, 0.5) is 13.2 Å². The lowest BCUT2D eigenvalue weighted by molar-refractivity contribution is -0.137. The van der Waals surface area contributed by atoms with Crippen LogP contribution >= 0.6 is 43.5 Å². The zero-order valence-electron chi connectivity index (χ0n) is 7.54. The topological polar surface area (TPSA) is 17.1 Å². The first-order chi connectivity index (χ1) is 7.29. The minimum Gasteiger partial charge on any atom is -0.293 e. The van der Waals surface area contributed by atoms with Gasteiger partial charge in [-0.2, -0.15) is 13.2 Å². The van der Waals surface area contributed by atoms with Gasteiger partial charge in [-0.3, -0.25) is 4.79 Å². The highest BCUT2D eigenvalue weighted by Gasteiger charge is 2.36. The molecule has 0 radical (unpaired) electrons. The molecule has 0 spiro atoms. The number of ketones is 1. The highest BCUT2D eigenvalue weighted by molar-refractivity contribution is 9.10. The molecule has 1 aromatic carbocycles. The molecule has 0 saturated heterocycles. The van der Waals surface area contributed by atoms with Crippen LogP contribution in [0.3, 0.4) is 0 Å². The number of carbonyl (C=O) groups is 1. The monoisotopic (exact) mass is 378 g/mol. The van der Waals surface area contributed by atoms with Gasteiger partial charge in [-0.05, 0) is 28.1 Å². The van der Waals surface area contributed by atoms with E-state index in [1.54, 1.807) is 0 Å². The van der Waals surface area contributed by atoms with Gasteiger partial charge in [0.1, 0.15) is 0 Å². The Kier molecular flexibility index (Phi) is 4.42. The zero-order valence-corrected chi connectivity index (χ0v) is 11.5. The normalized spacial score (nSPS) is 11.6. The van der Waals surface area contributed by atoms with E-state index in [0.29, 0.717) is 0 Å². The van der Waals surface area contributed by atoms with Crippen molar-refractivity contribution in [3.8, 4) is 0 Å². The molecular formula is C9H4Br2ClF3O. The Hall–Kier alpha value is -0.0700. The van der Waals surface area contributed by atoms with Crippen LogP contribution < -0.4 is 0 Å². The summed E-state index contributed by atoms with van der Waals surface area (Å²) < 4.78 is 37.8. The molecule has 0 N–H and O–H groups in total. The van der Waals surface area contributed by atoms with Crippen LogP contribution in [0.5, 0.6) is 0 Å². The molecule has 1 rings (SSSR count). The quantitative estimate of drug-likeness (QED) is 0.537. The lowest BCUT2D eigenvalue weighted by Crippen LogP contribution is -2.14. The van der Waals surface area contributed by atoms with E-state index in [1.165, 1.54) is 0 Å². The highest BCUT2D eigenvalue weighted by Crippen LogP contribution is 2.38. The second-order valence-corrected chi connectivity index (χ2v) is 4.60. The van der Waals surface area contributed by atoms with Crippen LogP contribution in [-0.2, 0) is 6.18 Å². The molecule has 0 unspecified atom stereocenters. The number of hydrogen-bond acceptors (Lipinski definition) is 1. The number of rotatable bonds is 2. The number of halogens is 6. The van der Waals surface area contributed by atoms with Crippen molar-refractivity contribution in [3.63, 3.8) is 0 Å². The first-order valence-corrected chi connectivity index (χ1v) is 6.22. The third-order valence-electron chi connectivity index (χ3n) is 1.80. The van der Waals surface area contributed by atoms with E-state index in [2.05, 4.69) is 31.9 Å². The van der Waals surface area contributed by atoms with Crippen molar-refractivity contribution in [1.29, 1.82) is 0 Å². The van der Waals surface area contributed by atoms with Gasteiger partial charge in [0.15, 0.2) is 5.78 Å². The minimum absolute atomic E-state index is 0.0339. The van der Waals surface area contributed by atoms with Crippen LogP contribution in [0.2, 0.25) is 5.02 Å². The van der Waals surface area contributed by atoms with Crippen molar-refractivity contribution in [1.82, 2.24) is 0 Å².